The molecule has 1 aromatic heterocycles. The third kappa shape index (κ3) is 3.87. The Kier molecular flexibility index (Phi) is 3.97. The van der Waals surface area contributed by atoms with Gasteiger partial charge in [-0.05, 0) is 24.3 Å². The first kappa shape index (κ1) is 13.7. The van der Waals surface area contributed by atoms with Crippen LogP contribution in [0.3, 0.4) is 0 Å². The fourth-order valence-electron chi connectivity index (χ4n) is 1.70. The van der Waals surface area contributed by atoms with Crippen LogP contribution in [0.15, 0.2) is 47.5 Å². The van der Waals surface area contributed by atoms with Crippen LogP contribution in [0.25, 0.3) is 11.3 Å². The van der Waals surface area contributed by atoms with Crippen molar-refractivity contribution in [2.45, 2.75) is 30.4 Å². The molecule has 0 saturated carbocycles. The molecule has 0 N–H and O–H groups in total. The fourth-order valence-corrected chi connectivity index (χ4v) is 2.68. The maximum Gasteiger partial charge on any atom is 0.0702 e. The lowest BCUT2D eigenvalue weighted by Crippen LogP contribution is -2.06. The number of thioether (sulfide) groups is 1. The fraction of sp³-hybridized carbons (Fsp3) is 0.235. The van der Waals surface area contributed by atoms with Crippen molar-refractivity contribution in [1.29, 1.82) is 0 Å². The van der Waals surface area contributed by atoms with E-state index in [9.17, 15) is 0 Å². The van der Waals surface area contributed by atoms with Crippen molar-refractivity contribution in [3.8, 4) is 23.6 Å². The van der Waals surface area contributed by atoms with E-state index in [4.69, 9.17) is 6.42 Å². The number of nitrogens with zero attached hydrogens (tertiary/aromatic N) is 1. The van der Waals surface area contributed by atoms with Crippen molar-refractivity contribution >= 4 is 11.8 Å². The zero-order chi connectivity index (χ0) is 13.9. The van der Waals surface area contributed by atoms with E-state index in [1.807, 2.05) is 23.9 Å². The predicted molar refractivity (Wildman–Crippen MR) is 83.2 cm³/mol. The summed E-state index contributed by atoms with van der Waals surface area (Å²) in [6.07, 6.45) is 7.05. The molecular weight excluding hydrogens is 250 g/mol. The van der Waals surface area contributed by atoms with Crippen molar-refractivity contribution in [1.82, 2.24) is 4.98 Å². The molecule has 0 aliphatic rings. The molecule has 1 aromatic carbocycles. The van der Waals surface area contributed by atoms with Gasteiger partial charge >= 0.3 is 0 Å². The lowest BCUT2D eigenvalue weighted by molar-refractivity contribution is 0.803. The molecule has 0 spiro atoms. The molecular formula is C17H17NS. The van der Waals surface area contributed by atoms with Gasteiger partial charge in [-0.2, -0.15) is 0 Å². The van der Waals surface area contributed by atoms with E-state index >= 15 is 0 Å². The summed E-state index contributed by atoms with van der Waals surface area (Å²) in [5.74, 6) is 2.57. The first-order valence-electron chi connectivity index (χ1n) is 6.20. The van der Waals surface area contributed by atoms with E-state index in [0.717, 1.165) is 16.8 Å². The number of hydrogen-bond donors (Lipinski definition) is 0. The third-order valence-corrected chi connectivity index (χ3v) is 3.62. The van der Waals surface area contributed by atoms with Gasteiger partial charge in [0.2, 0.25) is 0 Å². The van der Waals surface area contributed by atoms with Crippen molar-refractivity contribution in [3.05, 3.63) is 48.2 Å². The van der Waals surface area contributed by atoms with Crippen LogP contribution in [0.2, 0.25) is 0 Å². The predicted octanol–water partition coefficient (Wildman–Crippen LogP) is 4.62. The second-order valence-corrected chi connectivity index (χ2v) is 7.22. The summed E-state index contributed by atoms with van der Waals surface area (Å²) in [4.78, 5) is 5.65. The summed E-state index contributed by atoms with van der Waals surface area (Å²) in [6, 6.07) is 12.4. The Bertz CT molecular complexity index is 583. The minimum Gasteiger partial charge on any atom is -0.255 e. The van der Waals surface area contributed by atoms with E-state index in [0.29, 0.717) is 0 Å². The molecule has 0 fully saturated rings. The van der Waals surface area contributed by atoms with Crippen molar-refractivity contribution in [2.75, 3.05) is 0 Å². The second-order valence-electron chi connectivity index (χ2n) is 5.32. The summed E-state index contributed by atoms with van der Waals surface area (Å²) in [5, 5.41) is 0. The maximum absolute atomic E-state index is 5.32. The van der Waals surface area contributed by atoms with Gasteiger partial charge in [-0.1, -0.05) is 38.8 Å². The van der Waals surface area contributed by atoms with E-state index < -0.39 is 0 Å². The molecule has 2 heteroatoms. The van der Waals surface area contributed by atoms with Gasteiger partial charge in [0.15, 0.2) is 0 Å². The molecule has 19 heavy (non-hydrogen) atoms. The molecule has 0 bridgehead atoms. The Hall–Kier alpha value is -1.72. The number of hydrogen-bond acceptors (Lipinski definition) is 2. The minimum atomic E-state index is 0.230. The van der Waals surface area contributed by atoms with Gasteiger partial charge in [0.05, 0.1) is 5.69 Å². The van der Waals surface area contributed by atoms with Crippen LogP contribution in [0.1, 0.15) is 26.3 Å². The average Bonchev–Trinajstić information content (AvgIpc) is 2.38. The molecule has 0 unspecified atom stereocenters. The van der Waals surface area contributed by atoms with Crippen LogP contribution >= 0.6 is 11.8 Å². The Labute approximate surface area is 119 Å². The van der Waals surface area contributed by atoms with Gasteiger partial charge < -0.3 is 0 Å². The molecule has 0 radical (unpaired) electrons. The molecule has 0 atom stereocenters. The first-order valence-corrected chi connectivity index (χ1v) is 7.02. The normalized spacial score (nSPS) is 11.1. The van der Waals surface area contributed by atoms with Gasteiger partial charge in [-0.3, -0.25) is 4.98 Å². The molecule has 2 aromatic rings. The van der Waals surface area contributed by atoms with E-state index in [1.54, 1.807) is 6.20 Å². The highest BCUT2D eigenvalue weighted by atomic mass is 32.2. The topological polar surface area (TPSA) is 12.9 Å². The second kappa shape index (κ2) is 5.50. The Morgan fingerprint density at radius 3 is 2.21 bits per heavy atom. The van der Waals surface area contributed by atoms with Crippen LogP contribution in [-0.4, -0.2) is 9.73 Å². The number of terminal acetylenes is 1. The highest BCUT2D eigenvalue weighted by molar-refractivity contribution is 8.00. The molecule has 0 aliphatic carbocycles. The average molecular weight is 267 g/mol. The number of aromatic nitrogens is 1. The van der Waals surface area contributed by atoms with Crippen molar-refractivity contribution in [3.63, 3.8) is 0 Å². The molecule has 96 valence electrons. The monoisotopic (exact) mass is 267 g/mol. The standard InChI is InChI=1S/C17H17NS/c1-5-13-6-11-16(18-12-13)14-7-9-15(10-8-14)19-17(2,3)4/h1,6-12H,2-4H3. The number of rotatable bonds is 2. The van der Waals surface area contributed by atoms with E-state index in [-0.39, 0.29) is 4.75 Å². The number of pyridine rings is 1. The Balaban J connectivity index is 2.20. The number of benzene rings is 1. The summed E-state index contributed by atoms with van der Waals surface area (Å²) in [5.41, 5.74) is 2.87. The quantitative estimate of drug-likeness (QED) is 0.581. The van der Waals surface area contributed by atoms with Gasteiger partial charge in [-0.25, -0.2) is 0 Å². The molecule has 0 amide bonds. The van der Waals surface area contributed by atoms with E-state index in [2.05, 4.69) is 55.9 Å². The van der Waals surface area contributed by atoms with Crippen LogP contribution in [-0.2, 0) is 0 Å². The largest absolute Gasteiger partial charge is 0.255 e. The first-order chi connectivity index (χ1) is 8.98. The maximum atomic E-state index is 5.32. The Morgan fingerprint density at radius 2 is 1.74 bits per heavy atom. The summed E-state index contributed by atoms with van der Waals surface area (Å²) >= 11 is 1.86. The van der Waals surface area contributed by atoms with Crippen molar-refractivity contribution in [2.24, 2.45) is 0 Å². The summed E-state index contributed by atoms with van der Waals surface area (Å²) in [7, 11) is 0. The summed E-state index contributed by atoms with van der Waals surface area (Å²) in [6.45, 7) is 6.64. The smallest absolute Gasteiger partial charge is 0.0702 e. The van der Waals surface area contributed by atoms with Crippen LogP contribution in [0, 0.1) is 12.3 Å². The third-order valence-electron chi connectivity index (χ3n) is 2.50. The highest BCUT2D eigenvalue weighted by Gasteiger charge is 2.11. The minimum absolute atomic E-state index is 0.230. The van der Waals surface area contributed by atoms with Gasteiger partial charge in [0, 0.05) is 27.0 Å². The van der Waals surface area contributed by atoms with Gasteiger partial charge in [-0.15, -0.1) is 18.2 Å². The van der Waals surface area contributed by atoms with Crippen LogP contribution < -0.4 is 0 Å². The zero-order valence-electron chi connectivity index (χ0n) is 11.5. The lowest BCUT2D eigenvalue weighted by Gasteiger charge is -2.17. The molecule has 2 rings (SSSR count). The SMILES string of the molecule is C#Cc1ccc(-c2ccc(SC(C)(C)C)cc2)nc1. The summed E-state index contributed by atoms with van der Waals surface area (Å²) < 4.78 is 0.230. The van der Waals surface area contributed by atoms with Crippen LogP contribution in [0.5, 0.6) is 0 Å². The van der Waals surface area contributed by atoms with Crippen LogP contribution in [0.4, 0.5) is 0 Å². The zero-order valence-corrected chi connectivity index (χ0v) is 12.3. The lowest BCUT2D eigenvalue weighted by atomic mass is 10.1. The molecule has 1 nitrogen and oxygen atoms in total. The highest BCUT2D eigenvalue weighted by Crippen LogP contribution is 2.32. The van der Waals surface area contributed by atoms with E-state index in [1.165, 1.54) is 4.90 Å². The molecule has 0 aliphatic heterocycles. The molecule has 1 heterocycles. The van der Waals surface area contributed by atoms with Crippen molar-refractivity contribution < 1.29 is 0 Å². The van der Waals surface area contributed by atoms with Gasteiger partial charge in [0.25, 0.3) is 0 Å². The Morgan fingerprint density at radius 1 is 1.05 bits per heavy atom. The van der Waals surface area contributed by atoms with Gasteiger partial charge in [0.1, 0.15) is 0 Å². The molecule has 0 saturated heterocycles.